The molecule has 1 aliphatic rings. The molecule has 0 unspecified atom stereocenters. The minimum atomic E-state index is -3.85. The molecular weight excluding hydrogens is 476 g/mol. The van der Waals surface area contributed by atoms with Crippen molar-refractivity contribution in [2.24, 2.45) is 5.92 Å². The Hall–Kier alpha value is -3.30. The first-order valence-corrected chi connectivity index (χ1v) is 13.7. The van der Waals surface area contributed by atoms with Crippen LogP contribution in [0.3, 0.4) is 0 Å². The molecule has 1 aromatic heterocycles. The molecule has 9 heteroatoms. The van der Waals surface area contributed by atoms with Crippen molar-refractivity contribution in [3.8, 4) is 0 Å². The first kappa shape index (κ1) is 25.8. The van der Waals surface area contributed by atoms with Crippen molar-refractivity contribution in [2.75, 3.05) is 18.4 Å². The lowest BCUT2D eigenvalue weighted by atomic mass is 9.94. The number of fused-ring (bicyclic) bond motifs is 1. The summed E-state index contributed by atoms with van der Waals surface area (Å²) in [6.07, 6.45) is 3.50. The first-order valence-electron chi connectivity index (χ1n) is 12.3. The number of rotatable bonds is 7. The van der Waals surface area contributed by atoms with E-state index in [9.17, 15) is 18.0 Å². The Balaban J connectivity index is 1.57. The maximum Gasteiger partial charge on any atom is 0.257 e. The zero-order chi connectivity index (χ0) is 25.9. The average Bonchev–Trinajstić information content (AvgIpc) is 2.85. The number of likely N-dealkylation sites (tertiary alicyclic amines) is 1. The normalized spacial score (nSPS) is 18.2. The molecular formula is C27H32N4O4S. The van der Waals surface area contributed by atoms with Gasteiger partial charge in [-0.05, 0) is 49.9 Å². The van der Waals surface area contributed by atoms with Crippen molar-refractivity contribution >= 4 is 38.3 Å². The van der Waals surface area contributed by atoms with Gasteiger partial charge in [0.05, 0.1) is 10.5 Å². The van der Waals surface area contributed by atoms with E-state index in [2.05, 4.69) is 15.0 Å². The molecule has 8 nitrogen and oxygen atoms in total. The standard InChI is InChI=1S/C27H32N4O4S/c1-4-8-26(32)31-16-14-23(18(2)17-31)30-36(34,35)25-13-12-24(21-9-5-6-10-22(21)25)29-27(33)20-11-7-15-28-19(20)3/h5-7,9-13,15,18,23,30H,4,8,14,16-17H2,1-3H3,(H,29,33)/t18-,23+/m0/s1. The van der Waals surface area contributed by atoms with Gasteiger partial charge in [0.15, 0.2) is 0 Å². The molecule has 1 saturated heterocycles. The highest BCUT2D eigenvalue weighted by Crippen LogP contribution is 2.31. The molecule has 2 amide bonds. The van der Waals surface area contributed by atoms with E-state index < -0.39 is 10.0 Å². The lowest BCUT2D eigenvalue weighted by Crippen LogP contribution is -2.51. The molecule has 0 aliphatic carbocycles. The van der Waals surface area contributed by atoms with Gasteiger partial charge in [-0.1, -0.05) is 38.1 Å². The third-order valence-corrected chi connectivity index (χ3v) is 8.25. The van der Waals surface area contributed by atoms with Crippen LogP contribution in [0.25, 0.3) is 10.8 Å². The fraction of sp³-hybridized carbons (Fsp3) is 0.370. The largest absolute Gasteiger partial charge is 0.342 e. The number of benzene rings is 2. The third-order valence-electron chi connectivity index (χ3n) is 6.70. The van der Waals surface area contributed by atoms with E-state index in [0.717, 1.165) is 6.42 Å². The number of hydrogen-bond donors (Lipinski definition) is 2. The number of hydrogen-bond acceptors (Lipinski definition) is 5. The molecule has 190 valence electrons. The minimum absolute atomic E-state index is 0.0121. The highest BCUT2D eigenvalue weighted by atomic mass is 32.2. The highest BCUT2D eigenvalue weighted by molar-refractivity contribution is 7.89. The van der Waals surface area contributed by atoms with E-state index in [1.807, 2.05) is 24.8 Å². The summed E-state index contributed by atoms with van der Waals surface area (Å²) in [5.41, 5.74) is 1.59. The van der Waals surface area contributed by atoms with Crippen LogP contribution >= 0.6 is 0 Å². The zero-order valence-electron chi connectivity index (χ0n) is 20.8. The fourth-order valence-electron chi connectivity index (χ4n) is 4.71. The second-order valence-corrected chi connectivity index (χ2v) is 11.0. The predicted octanol–water partition coefficient (Wildman–Crippen LogP) is 4.11. The number of amides is 2. The van der Waals surface area contributed by atoms with E-state index in [0.29, 0.717) is 53.6 Å². The van der Waals surface area contributed by atoms with Crippen LogP contribution in [0.15, 0.2) is 59.6 Å². The molecule has 2 heterocycles. The van der Waals surface area contributed by atoms with E-state index >= 15 is 0 Å². The number of carbonyl (C=O) groups excluding carboxylic acids is 2. The second kappa shape index (κ2) is 10.8. The van der Waals surface area contributed by atoms with E-state index in [4.69, 9.17) is 0 Å². The van der Waals surface area contributed by atoms with Crippen LogP contribution in [0, 0.1) is 12.8 Å². The van der Waals surface area contributed by atoms with Crippen LogP contribution in [0.5, 0.6) is 0 Å². The van der Waals surface area contributed by atoms with Crippen LogP contribution in [0.1, 0.15) is 49.2 Å². The topological polar surface area (TPSA) is 108 Å². The molecule has 2 atom stereocenters. The monoisotopic (exact) mass is 508 g/mol. The smallest absolute Gasteiger partial charge is 0.257 e. The lowest BCUT2D eigenvalue weighted by Gasteiger charge is -2.37. The van der Waals surface area contributed by atoms with Gasteiger partial charge < -0.3 is 10.2 Å². The van der Waals surface area contributed by atoms with Crippen molar-refractivity contribution in [3.63, 3.8) is 0 Å². The molecule has 3 aromatic rings. The van der Waals surface area contributed by atoms with Crippen molar-refractivity contribution in [1.29, 1.82) is 0 Å². The lowest BCUT2D eigenvalue weighted by molar-refractivity contribution is -0.133. The predicted molar refractivity (Wildman–Crippen MR) is 140 cm³/mol. The van der Waals surface area contributed by atoms with Gasteiger partial charge in [-0.25, -0.2) is 13.1 Å². The van der Waals surface area contributed by atoms with Gasteiger partial charge in [-0.2, -0.15) is 0 Å². The maximum atomic E-state index is 13.5. The Labute approximate surface area is 212 Å². The molecule has 0 spiro atoms. The van der Waals surface area contributed by atoms with Crippen molar-refractivity contribution in [3.05, 3.63) is 66.0 Å². The van der Waals surface area contributed by atoms with Gasteiger partial charge in [-0.3, -0.25) is 14.6 Å². The van der Waals surface area contributed by atoms with Gasteiger partial charge in [0.2, 0.25) is 15.9 Å². The number of piperidine rings is 1. The summed E-state index contributed by atoms with van der Waals surface area (Å²) >= 11 is 0. The van der Waals surface area contributed by atoms with Gasteiger partial charge in [0.25, 0.3) is 5.91 Å². The average molecular weight is 509 g/mol. The first-order chi connectivity index (χ1) is 17.2. The van der Waals surface area contributed by atoms with Crippen LogP contribution in [0.4, 0.5) is 5.69 Å². The van der Waals surface area contributed by atoms with Crippen molar-refractivity contribution < 1.29 is 18.0 Å². The Morgan fingerprint density at radius 2 is 1.83 bits per heavy atom. The highest BCUT2D eigenvalue weighted by Gasteiger charge is 2.32. The van der Waals surface area contributed by atoms with Crippen LogP contribution in [0.2, 0.25) is 0 Å². The van der Waals surface area contributed by atoms with Crippen LogP contribution < -0.4 is 10.0 Å². The molecule has 1 fully saturated rings. The van der Waals surface area contributed by atoms with E-state index in [1.165, 1.54) is 6.07 Å². The summed E-state index contributed by atoms with van der Waals surface area (Å²) in [5.74, 6) is -0.199. The number of nitrogens with zero attached hydrogens (tertiary/aromatic N) is 2. The van der Waals surface area contributed by atoms with Gasteiger partial charge in [-0.15, -0.1) is 0 Å². The van der Waals surface area contributed by atoms with Gasteiger partial charge in [0.1, 0.15) is 0 Å². The molecule has 0 radical (unpaired) electrons. The number of carbonyl (C=O) groups is 2. The number of aromatic nitrogens is 1. The van der Waals surface area contributed by atoms with E-state index in [-0.39, 0.29) is 28.7 Å². The summed E-state index contributed by atoms with van der Waals surface area (Å²) in [4.78, 5) is 31.3. The second-order valence-electron chi connectivity index (χ2n) is 9.33. The zero-order valence-corrected chi connectivity index (χ0v) is 21.6. The SMILES string of the molecule is CCCC(=O)N1CC[C@@H](NS(=O)(=O)c2ccc(NC(=O)c3cccnc3C)c3ccccc23)[C@@H](C)C1. The Kier molecular flexibility index (Phi) is 7.70. The Bertz CT molecular complexity index is 1390. The molecule has 36 heavy (non-hydrogen) atoms. The molecule has 4 rings (SSSR count). The number of sulfonamides is 1. The van der Waals surface area contributed by atoms with E-state index in [1.54, 1.807) is 49.5 Å². The Morgan fingerprint density at radius 1 is 1.08 bits per heavy atom. The fourth-order valence-corrected chi connectivity index (χ4v) is 6.30. The number of pyridine rings is 1. The summed E-state index contributed by atoms with van der Waals surface area (Å²) in [5, 5.41) is 4.05. The maximum absolute atomic E-state index is 13.5. The molecule has 0 bridgehead atoms. The molecule has 2 aromatic carbocycles. The Morgan fingerprint density at radius 3 is 2.53 bits per heavy atom. The number of anilines is 1. The quantitative estimate of drug-likeness (QED) is 0.499. The number of aryl methyl sites for hydroxylation is 1. The van der Waals surface area contributed by atoms with Gasteiger partial charge >= 0.3 is 0 Å². The van der Waals surface area contributed by atoms with Gasteiger partial charge in [0, 0.05) is 53.9 Å². The van der Waals surface area contributed by atoms with Crippen LogP contribution in [-0.4, -0.2) is 49.2 Å². The summed E-state index contributed by atoms with van der Waals surface area (Å²) < 4.78 is 29.9. The molecule has 1 aliphatic heterocycles. The minimum Gasteiger partial charge on any atom is -0.342 e. The van der Waals surface area contributed by atoms with Crippen molar-refractivity contribution in [2.45, 2.75) is 51.0 Å². The molecule has 2 N–H and O–H groups in total. The summed E-state index contributed by atoms with van der Waals surface area (Å²) in [6.45, 7) is 6.78. The van der Waals surface area contributed by atoms with Crippen LogP contribution in [-0.2, 0) is 14.8 Å². The van der Waals surface area contributed by atoms with Crippen molar-refractivity contribution in [1.82, 2.24) is 14.6 Å². The molecule has 0 saturated carbocycles. The summed E-state index contributed by atoms with van der Waals surface area (Å²) in [6, 6.07) is 13.4. The summed E-state index contributed by atoms with van der Waals surface area (Å²) in [7, 11) is -3.85. The number of nitrogens with one attached hydrogen (secondary N) is 2. The third kappa shape index (κ3) is 5.42.